The van der Waals surface area contributed by atoms with E-state index in [9.17, 15) is 0 Å². The zero-order valence-electron chi connectivity index (χ0n) is 12.7. The van der Waals surface area contributed by atoms with Crippen molar-refractivity contribution in [1.82, 2.24) is 9.97 Å². The maximum absolute atomic E-state index is 6.38. The summed E-state index contributed by atoms with van der Waals surface area (Å²) in [6, 6.07) is 6.52. The number of thioether (sulfide) groups is 1. The summed E-state index contributed by atoms with van der Waals surface area (Å²) in [7, 11) is 0. The molecule has 120 valence electrons. The lowest BCUT2D eigenvalue weighted by molar-refractivity contribution is -0.0858. The molecule has 23 heavy (non-hydrogen) atoms. The van der Waals surface area contributed by atoms with E-state index >= 15 is 0 Å². The molecule has 0 N–H and O–H groups in total. The highest BCUT2D eigenvalue weighted by Crippen LogP contribution is 2.46. The molecule has 0 fully saturated rings. The van der Waals surface area contributed by atoms with Crippen LogP contribution in [0.3, 0.4) is 0 Å². The molecule has 1 aliphatic heterocycles. The van der Waals surface area contributed by atoms with Crippen LogP contribution >= 0.6 is 39.3 Å². The number of aryl methyl sites for hydroxylation is 1. The van der Waals surface area contributed by atoms with Gasteiger partial charge in [-0.15, -0.1) is 0 Å². The third-order valence-electron chi connectivity index (χ3n) is 4.74. The lowest BCUT2D eigenvalue weighted by atomic mass is 9.75. The Balaban J connectivity index is 1.82. The largest absolute Gasteiger partial charge is 0.365 e. The van der Waals surface area contributed by atoms with Crippen molar-refractivity contribution >= 4 is 39.3 Å². The molecule has 1 atom stereocenters. The smallest absolute Gasteiger partial charge is 0.188 e. The Hall–Kier alpha value is -0.620. The molecule has 2 aromatic rings. The van der Waals surface area contributed by atoms with E-state index < -0.39 is 0 Å². The van der Waals surface area contributed by atoms with E-state index in [-0.39, 0.29) is 5.60 Å². The van der Waals surface area contributed by atoms with Gasteiger partial charge in [0.15, 0.2) is 5.16 Å². The lowest BCUT2D eigenvalue weighted by Gasteiger charge is -2.42. The highest BCUT2D eigenvalue weighted by Gasteiger charge is 2.42. The number of ether oxygens (including phenoxy) is 1. The number of fused-ring (bicyclic) bond motifs is 3. The van der Waals surface area contributed by atoms with Gasteiger partial charge in [0.1, 0.15) is 5.15 Å². The molecule has 1 aromatic carbocycles. The van der Waals surface area contributed by atoms with Crippen LogP contribution in [-0.4, -0.2) is 16.2 Å². The minimum Gasteiger partial charge on any atom is -0.365 e. The first-order valence-corrected chi connectivity index (χ1v) is 10.0. The normalized spacial score (nSPS) is 22.7. The monoisotopic (exact) mass is 410 g/mol. The average Bonchev–Trinajstić information content (AvgIpc) is 2.55. The quantitative estimate of drug-likeness (QED) is 0.379. The Labute approximate surface area is 153 Å². The fourth-order valence-electron chi connectivity index (χ4n) is 3.61. The van der Waals surface area contributed by atoms with Crippen LogP contribution in [0.2, 0.25) is 5.15 Å². The van der Waals surface area contributed by atoms with Gasteiger partial charge < -0.3 is 4.74 Å². The molecule has 2 heterocycles. The number of halogens is 2. The molecule has 6 heteroatoms. The van der Waals surface area contributed by atoms with Gasteiger partial charge in [-0.2, -0.15) is 0 Å². The van der Waals surface area contributed by atoms with Crippen molar-refractivity contribution in [1.29, 1.82) is 0 Å². The van der Waals surface area contributed by atoms with Crippen LogP contribution in [0.5, 0.6) is 0 Å². The molecule has 1 aliphatic carbocycles. The van der Waals surface area contributed by atoms with Crippen LogP contribution < -0.4 is 0 Å². The molecular weight excluding hydrogens is 396 g/mol. The van der Waals surface area contributed by atoms with E-state index in [0.717, 1.165) is 46.6 Å². The van der Waals surface area contributed by atoms with Gasteiger partial charge in [0.25, 0.3) is 0 Å². The van der Waals surface area contributed by atoms with Crippen molar-refractivity contribution in [2.24, 2.45) is 0 Å². The van der Waals surface area contributed by atoms with Gasteiger partial charge in [0.05, 0.1) is 17.9 Å². The molecular formula is C17H16BrClN2OS. The number of hydrogen-bond acceptors (Lipinski definition) is 4. The molecule has 1 aromatic heterocycles. The molecule has 0 bridgehead atoms. The summed E-state index contributed by atoms with van der Waals surface area (Å²) in [5.41, 5.74) is 4.38. The van der Waals surface area contributed by atoms with Crippen LogP contribution in [0.4, 0.5) is 0 Å². The molecule has 0 saturated carbocycles. The van der Waals surface area contributed by atoms with E-state index in [4.69, 9.17) is 21.3 Å². The third kappa shape index (κ3) is 2.72. The number of rotatable bonds is 1. The Bertz CT molecular complexity index is 785. The summed E-state index contributed by atoms with van der Waals surface area (Å²) in [6.07, 6.45) is 6.01. The fourth-order valence-corrected chi connectivity index (χ4v) is 4.65. The highest BCUT2D eigenvalue weighted by molar-refractivity contribution is 9.10. The van der Waals surface area contributed by atoms with Crippen LogP contribution in [0.15, 0.2) is 27.8 Å². The summed E-state index contributed by atoms with van der Waals surface area (Å²) in [5, 5.41) is 1.26. The van der Waals surface area contributed by atoms with Gasteiger partial charge in [-0.25, -0.2) is 9.97 Å². The zero-order chi connectivity index (χ0) is 16.0. The van der Waals surface area contributed by atoms with Crippen LogP contribution in [0.25, 0.3) is 0 Å². The molecule has 1 spiro atoms. The molecule has 4 rings (SSSR count). The molecule has 2 aliphatic rings. The van der Waals surface area contributed by atoms with E-state index in [1.54, 1.807) is 0 Å². The first-order valence-electron chi connectivity index (χ1n) is 7.63. The van der Waals surface area contributed by atoms with E-state index in [1.165, 1.54) is 22.9 Å². The molecule has 0 unspecified atom stereocenters. The number of benzene rings is 1. The molecule has 0 radical (unpaired) electrons. The number of aromatic nitrogens is 2. The summed E-state index contributed by atoms with van der Waals surface area (Å²) in [5.74, 6) is 0. The van der Waals surface area contributed by atoms with Crippen molar-refractivity contribution in [2.45, 2.75) is 43.0 Å². The topological polar surface area (TPSA) is 35.0 Å². The molecule has 0 amide bonds. The summed E-state index contributed by atoms with van der Waals surface area (Å²) in [4.78, 5) is 9.04. The highest BCUT2D eigenvalue weighted by atomic mass is 79.9. The first-order chi connectivity index (χ1) is 11.1. The van der Waals surface area contributed by atoms with Crippen molar-refractivity contribution in [3.63, 3.8) is 0 Å². The zero-order valence-corrected chi connectivity index (χ0v) is 15.9. The van der Waals surface area contributed by atoms with Crippen molar-refractivity contribution in [3.05, 3.63) is 50.2 Å². The molecule has 3 nitrogen and oxygen atoms in total. The summed E-state index contributed by atoms with van der Waals surface area (Å²) in [6.45, 7) is 0.481. The third-order valence-corrected chi connectivity index (χ3v) is 6.09. The fraction of sp³-hybridized carbons (Fsp3) is 0.412. The molecule has 0 saturated heterocycles. The maximum atomic E-state index is 6.38. The Morgan fingerprint density at radius 3 is 3.04 bits per heavy atom. The number of nitrogens with zero attached hydrogens (tertiary/aromatic N) is 2. The van der Waals surface area contributed by atoms with Gasteiger partial charge in [0.2, 0.25) is 0 Å². The van der Waals surface area contributed by atoms with Gasteiger partial charge in [-0.1, -0.05) is 45.4 Å². The second-order valence-electron chi connectivity index (χ2n) is 6.04. The average molecular weight is 412 g/mol. The Morgan fingerprint density at radius 2 is 2.22 bits per heavy atom. The predicted octanol–water partition coefficient (Wildman–Crippen LogP) is 4.92. The lowest BCUT2D eigenvalue weighted by Crippen LogP contribution is -2.39. The predicted molar refractivity (Wildman–Crippen MR) is 96.1 cm³/mol. The van der Waals surface area contributed by atoms with E-state index in [2.05, 4.69) is 39.1 Å². The van der Waals surface area contributed by atoms with Crippen LogP contribution in [-0.2, 0) is 29.8 Å². The minimum absolute atomic E-state index is 0.280. The number of hydrogen-bond donors (Lipinski definition) is 0. The SMILES string of the molecule is CSc1nc(Cl)c2c(n1)C[C@@]1(CCCc3ccc(Br)cc31)OC2. The van der Waals surface area contributed by atoms with Crippen molar-refractivity contribution in [2.75, 3.05) is 6.26 Å². The first kappa shape index (κ1) is 15.9. The summed E-state index contributed by atoms with van der Waals surface area (Å²) < 4.78 is 7.47. The summed E-state index contributed by atoms with van der Waals surface area (Å²) >= 11 is 11.5. The second kappa shape index (κ2) is 6.03. The van der Waals surface area contributed by atoms with Gasteiger partial charge >= 0.3 is 0 Å². The maximum Gasteiger partial charge on any atom is 0.188 e. The van der Waals surface area contributed by atoms with Gasteiger partial charge in [-0.3, -0.25) is 0 Å². The van der Waals surface area contributed by atoms with Crippen LogP contribution in [0.1, 0.15) is 35.2 Å². The van der Waals surface area contributed by atoms with E-state index in [0.29, 0.717) is 11.8 Å². The second-order valence-corrected chi connectivity index (χ2v) is 8.09. The van der Waals surface area contributed by atoms with Gasteiger partial charge in [-0.05, 0) is 48.8 Å². The minimum atomic E-state index is -0.280. The van der Waals surface area contributed by atoms with Crippen LogP contribution in [0, 0.1) is 0 Å². The van der Waals surface area contributed by atoms with Crippen molar-refractivity contribution in [3.8, 4) is 0 Å². The van der Waals surface area contributed by atoms with Gasteiger partial charge in [0, 0.05) is 16.5 Å². The van der Waals surface area contributed by atoms with E-state index in [1.807, 2.05) is 6.26 Å². The van der Waals surface area contributed by atoms with Crippen molar-refractivity contribution < 1.29 is 4.74 Å². The standard InChI is InChI=1S/C17H16BrClN2OS/c1-23-16-20-14-8-17(22-9-12(14)15(19)21-16)6-2-3-10-4-5-11(18)7-13(10)17/h4-5,7H,2-3,6,8-9H2,1H3/t17-/m1/s1. The Morgan fingerprint density at radius 1 is 1.35 bits per heavy atom. The Kier molecular flexibility index (Phi) is 4.16.